The summed E-state index contributed by atoms with van der Waals surface area (Å²) in [6.07, 6.45) is 4.08. The molecule has 1 aromatic carbocycles. The van der Waals surface area contributed by atoms with Gasteiger partial charge in [-0.3, -0.25) is 0 Å². The van der Waals surface area contributed by atoms with Gasteiger partial charge in [0.2, 0.25) is 0 Å². The van der Waals surface area contributed by atoms with Gasteiger partial charge in [0.25, 0.3) is 0 Å². The van der Waals surface area contributed by atoms with Crippen molar-refractivity contribution < 1.29 is 51.4 Å². The average Bonchev–Trinajstić information content (AvgIpc) is 3.19. The molecule has 0 saturated heterocycles. The summed E-state index contributed by atoms with van der Waals surface area (Å²) < 4.78 is 0. The van der Waals surface area contributed by atoms with E-state index in [4.69, 9.17) is 11.6 Å². The number of fused-ring (bicyclic) bond motifs is 6. The van der Waals surface area contributed by atoms with Gasteiger partial charge in [0.15, 0.2) is 0 Å². The third-order valence-electron chi connectivity index (χ3n) is 5.65. The molecule has 5 unspecified atom stereocenters. The minimum absolute atomic E-state index is 0. The maximum Gasteiger partial charge on any atom is 1.00 e. The predicted octanol–water partition coefficient (Wildman–Crippen LogP) is 1.38. The molecule has 3 aliphatic rings. The zero-order chi connectivity index (χ0) is 14.8. The number of hydrogen-bond donors (Lipinski definition) is 0. The number of hydrogen-bond acceptors (Lipinski definition) is 3. The Bertz CT molecular complexity index is 787. The van der Waals surface area contributed by atoms with Gasteiger partial charge in [0.1, 0.15) is 4.87 Å². The number of thiazole rings is 1. The normalized spacial score (nSPS) is 33.9. The Hall–Kier alpha value is 0.926. The molecule has 1 aromatic heterocycles. The first-order valence-electron chi connectivity index (χ1n) is 7.80. The van der Waals surface area contributed by atoms with Crippen LogP contribution in [0.4, 0.5) is 0 Å². The summed E-state index contributed by atoms with van der Waals surface area (Å²) in [7, 11) is 0. The van der Waals surface area contributed by atoms with Gasteiger partial charge in [-0.2, -0.15) is 0 Å². The van der Waals surface area contributed by atoms with Crippen LogP contribution in [-0.2, 0) is 0 Å². The molecule has 6 heteroatoms. The predicted molar refractivity (Wildman–Crippen MR) is 91.2 cm³/mol. The van der Waals surface area contributed by atoms with E-state index in [0.717, 1.165) is 21.9 Å². The standard InChI is InChI=1S/C17H16ClNOS2.K/c18-11-5-3-8(4-6-11)12-13-9-1-2-10(7-9)14(13)21-16-15(12)22-17(20)19-16;/h3-6,9-10,12-14H,1-2,7H2,(H,19,20);/q;+1/p-1. The first-order valence-corrected chi connectivity index (χ1v) is 9.88. The van der Waals surface area contributed by atoms with Crippen LogP contribution in [0.15, 0.2) is 34.1 Å². The molecule has 1 aliphatic heterocycles. The first-order chi connectivity index (χ1) is 10.7. The fourth-order valence-corrected chi connectivity index (χ4v) is 7.79. The Kier molecular flexibility index (Phi) is 4.96. The molecule has 23 heavy (non-hydrogen) atoms. The van der Waals surface area contributed by atoms with E-state index >= 15 is 0 Å². The molecule has 0 radical (unpaired) electrons. The van der Waals surface area contributed by atoms with Crippen molar-refractivity contribution in [2.45, 2.75) is 35.5 Å². The molecule has 2 aromatic rings. The Morgan fingerprint density at radius 2 is 1.87 bits per heavy atom. The fraction of sp³-hybridized carbons (Fsp3) is 0.471. The number of halogens is 1. The molecular weight excluding hydrogens is 373 g/mol. The molecule has 5 rings (SSSR count). The van der Waals surface area contributed by atoms with Crippen molar-refractivity contribution in [2.24, 2.45) is 17.8 Å². The number of thioether (sulfide) groups is 1. The van der Waals surface area contributed by atoms with E-state index in [1.807, 2.05) is 23.9 Å². The van der Waals surface area contributed by atoms with Gasteiger partial charge in [0, 0.05) is 21.1 Å². The Morgan fingerprint density at radius 3 is 2.65 bits per heavy atom. The van der Waals surface area contributed by atoms with E-state index < -0.39 is 0 Å². The van der Waals surface area contributed by atoms with Crippen LogP contribution in [-0.4, -0.2) is 5.25 Å². The second-order valence-corrected chi connectivity index (χ2v) is 9.27. The van der Waals surface area contributed by atoms with Gasteiger partial charge >= 0.3 is 51.4 Å². The molecule has 0 spiro atoms. The Balaban J connectivity index is 0.00000135. The maximum atomic E-state index is 11.9. The Morgan fingerprint density at radius 1 is 1.13 bits per heavy atom. The average molecular weight is 388 g/mol. The van der Waals surface area contributed by atoms with Crippen LogP contribution in [0.1, 0.15) is 35.6 Å². The number of aromatic nitrogens is 1. The van der Waals surface area contributed by atoms with Crippen molar-refractivity contribution in [3.63, 3.8) is 0 Å². The monoisotopic (exact) mass is 387 g/mol. The summed E-state index contributed by atoms with van der Waals surface area (Å²) in [5.74, 6) is 2.64. The molecule has 2 saturated carbocycles. The van der Waals surface area contributed by atoms with Crippen LogP contribution < -0.4 is 61.2 Å². The van der Waals surface area contributed by atoms with Gasteiger partial charge in [0.05, 0.1) is 0 Å². The molecule has 0 N–H and O–H groups in total. The second kappa shape index (κ2) is 6.58. The van der Waals surface area contributed by atoms with Crippen LogP contribution in [0.3, 0.4) is 0 Å². The zero-order valence-corrected chi connectivity index (χ0v) is 18.4. The maximum absolute atomic E-state index is 11.9. The van der Waals surface area contributed by atoms with Crippen molar-refractivity contribution in [3.8, 4) is 0 Å². The van der Waals surface area contributed by atoms with Crippen molar-refractivity contribution in [1.29, 1.82) is 0 Å². The number of nitrogens with zero attached hydrogens (tertiary/aromatic N) is 1. The second-order valence-electron chi connectivity index (χ2n) is 6.67. The summed E-state index contributed by atoms with van der Waals surface area (Å²) in [4.78, 5) is 17.3. The number of rotatable bonds is 1. The fourth-order valence-electron chi connectivity index (χ4n) is 4.85. The van der Waals surface area contributed by atoms with Gasteiger partial charge in [-0.15, -0.1) is 23.1 Å². The summed E-state index contributed by atoms with van der Waals surface area (Å²) in [5.41, 5.74) is 1.30. The van der Waals surface area contributed by atoms with E-state index in [1.54, 1.807) is 0 Å². The van der Waals surface area contributed by atoms with Gasteiger partial charge < -0.3 is 9.78 Å². The van der Waals surface area contributed by atoms with Crippen molar-refractivity contribution in [2.75, 3.05) is 0 Å². The molecule has 0 amide bonds. The summed E-state index contributed by atoms with van der Waals surface area (Å²) in [6.45, 7) is 0. The smallest absolute Gasteiger partial charge is 0.608 e. The molecule has 5 atom stereocenters. The van der Waals surface area contributed by atoms with Gasteiger partial charge in [-0.25, -0.2) is 0 Å². The molecule has 2 aliphatic carbocycles. The largest absolute Gasteiger partial charge is 1.00 e. The third kappa shape index (κ3) is 2.80. The van der Waals surface area contributed by atoms with Crippen LogP contribution in [0, 0.1) is 17.8 Å². The first kappa shape index (κ1) is 17.3. The molecule has 2 fully saturated rings. The summed E-state index contributed by atoms with van der Waals surface area (Å²) in [5, 5.41) is 2.42. The molecular formula is C17H15ClKNOS2. The SMILES string of the molecule is O=c1[n-]c2c(s1)C(c1ccc(Cl)cc1)C1C3CCC(C3)C1S2.[K+]. The molecule has 2 heterocycles. The van der Waals surface area contributed by atoms with Gasteiger partial charge in [-0.05, 0) is 54.7 Å². The van der Waals surface area contributed by atoms with E-state index in [0.29, 0.717) is 17.1 Å². The van der Waals surface area contributed by atoms with Crippen molar-refractivity contribution >= 4 is 34.7 Å². The van der Waals surface area contributed by atoms with Crippen LogP contribution in [0.2, 0.25) is 5.02 Å². The molecule has 114 valence electrons. The minimum Gasteiger partial charge on any atom is -0.608 e. The van der Waals surface area contributed by atoms with Crippen molar-refractivity contribution in [3.05, 3.63) is 49.4 Å². The third-order valence-corrected chi connectivity index (χ3v) is 8.47. The minimum atomic E-state index is -0.0382. The number of benzene rings is 1. The van der Waals surface area contributed by atoms with Crippen molar-refractivity contribution in [1.82, 2.24) is 4.98 Å². The van der Waals surface area contributed by atoms with Gasteiger partial charge in [-0.1, -0.05) is 28.8 Å². The van der Waals surface area contributed by atoms with E-state index in [1.165, 1.54) is 41.0 Å². The summed E-state index contributed by atoms with van der Waals surface area (Å²) >= 11 is 9.30. The van der Waals surface area contributed by atoms with Crippen LogP contribution >= 0.6 is 34.7 Å². The zero-order valence-electron chi connectivity index (χ0n) is 12.9. The molecule has 2 nitrogen and oxygen atoms in total. The molecule has 2 bridgehead atoms. The van der Waals surface area contributed by atoms with E-state index in [9.17, 15) is 4.79 Å². The van der Waals surface area contributed by atoms with E-state index in [-0.39, 0.29) is 56.3 Å². The van der Waals surface area contributed by atoms with E-state index in [2.05, 4.69) is 17.1 Å². The topological polar surface area (TPSA) is 31.2 Å². The quantitative estimate of drug-likeness (QED) is 0.692. The summed E-state index contributed by atoms with van der Waals surface area (Å²) in [6, 6.07) is 8.22. The van der Waals surface area contributed by atoms with Crippen LogP contribution in [0.25, 0.3) is 0 Å². The van der Waals surface area contributed by atoms with Crippen LogP contribution in [0.5, 0.6) is 0 Å². The Labute approximate surface area is 191 Å².